The van der Waals surface area contributed by atoms with Gasteiger partial charge in [0.05, 0.1) is 11.4 Å². The molecule has 1 heterocycles. The van der Waals surface area contributed by atoms with Crippen LogP contribution in [-0.4, -0.2) is 80.2 Å². The lowest BCUT2D eigenvalue weighted by molar-refractivity contribution is -0.130. The maximum atomic E-state index is 12.5. The van der Waals surface area contributed by atoms with Crippen molar-refractivity contribution < 1.29 is 18.0 Å². The molecule has 27 heavy (non-hydrogen) atoms. The van der Waals surface area contributed by atoms with Crippen LogP contribution in [0.3, 0.4) is 0 Å². The first-order valence-electron chi connectivity index (χ1n) is 9.15. The van der Waals surface area contributed by atoms with Gasteiger partial charge in [0.25, 0.3) is 0 Å². The average molecular weight is 397 g/mol. The summed E-state index contributed by atoms with van der Waals surface area (Å²) >= 11 is 0. The molecule has 150 valence electrons. The van der Waals surface area contributed by atoms with Crippen LogP contribution in [0.15, 0.2) is 29.2 Å². The number of hydrogen-bond acceptors (Lipinski definition) is 5. The van der Waals surface area contributed by atoms with Crippen molar-refractivity contribution >= 4 is 27.5 Å². The summed E-state index contributed by atoms with van der Waals surface area (Å²) in [7, 11) is -3.50. The van der Waals surface area contributed by atoms with Crippen LogP contribution in [0.2, 0.25) is 0 Å². The Hall–Kier alpha value is -1.97. The molecule has 1 aliphatic rings. The van der Waals surface area contributed by atoms with Crippen molar-refractivity contribution in [1.82, 2.24) is 14.1 Å². The molecule has 0 bridgehead atoms. The minimum absolute atomic E-state index is 0.0545. The van der Waals surface area contributed by atoms with Crippen LogP contribution < -0.4 is 5.32 Å². The summed E-state index contributed by atoms with van der Waals surface area (Å²) in [4.78, 5) is 27.5. The highest BCUT2D eigenvalue weighted by Crippen LogP contribution is 2.18. The number of nitrogens with zero attached hydrogens (tertiary/aromatic N) is 3. The van der Waals surface area contributed by atoms with Crippen molar-refractivity contribution in [1.29, 1.82) is 0 Å². The molecule has 1 N–H and O–H groups in total. The van der Waals surface area contributed by atoms with Crippen molar-refractivity contribution in [3.8, 4) is 0 Å². The molecular weight excluding hydrogens is 368 g/mol. The van der Waals surface area contributed by atoms with Crippen LogP contribution in [-0.2, 0) is 19.6 Å². The first-order chi connectivity index (χ1) is 12.8. The monoisotopic (exact) mass is 396 g/mol. The van der Waals surface area contributed by atoms with Gasteiger partial charge < -0.3 is 10.2 Å². The van der Waals surface area contributed by atoms with E-state index >= 15 is 0 Å². The molecule has 9 heteroatoms. The highest BCUT2D eigenvalue weighted by Gasteiger charge is 2.22. The molecule has 0 radical (unpaired) electrons. The van der Waals surface area contributed by atoms with Crippen LogP contribution >= 0.6 is 0 Å². The Labute approximate surface area is 161 Å². The molecule has 8 nitrogen and oxygen atoms in total. The second-order valence-electron chi connectivity index (χ2n) is 6.44. The van der Waals surface area contributed by atoms with E-state index in [1.807, 2.05) is 4.90 Å². The van der Waals surface area contributed by atoms with E-state index in [1.165, 1.54) is 16.4 Å². The first-order valence-corrected chi connectivity index (χ1v) is 10.6. The number of rotatable bonds is 7. The zero-order chi connectivity index (χ0) is 20.0. The average Bonchev–Trinajstić information content (AvgIpc) is 2.63. The van der Waals surface area contributed by atoms with E-state index in [0.29, 0.717) is 45.0 Å². The normalized spacial score (nSPS) is 15.8. The number of carbonyl (C=O) groups is 2. The highest BCUT2D eigenvalue weighted by atomic mass is 32.2. The van der Waals surface area contributed by atoms with Crippen LogP contribution in [0, 0.1) is 0 Å². The number of amides is 2. The highest BCUT2D eigenvalue weighted by molar-refractivity contribution is 7.89. The summed E-state index contributed by atoms with van der Waals surface area (Å²) in [5.41, 5.74) is 0.556. The number of carbonyl (C=O) groups excluding carboxylic acids is 2. The Morgan fingerprint density at radius 1 is 1.04 bits per heavy atom. The smallest absolute Gasteiger partial charge is 0.243 e. The molecule has 1 aromatic rings. The van der Waals surface area contributed by atoms with Crippen molar-refractivity contribution in [3.05, 3.63) is 24.3 Å². The van der Waals surface area contributed by atoms with Crippen molar-refractivity contribution in [2.24, 2.45) is 0 Å². The Balaban J connectivity index is 1.91. The Kier molecular flexibility index (Phi) is 7.34. The fourth-order valence-electron chi connectivity index (χ4n) is 3.05. The molecule has 1 saturated heterocycles. The van der Waals surface area contributed by atoms with Crippen molar-refractivity contribution in [3.63, 3.8) is 0 Å². The molecule has 1 fully saturated rings. The number of benzene rings is 1. The van der Waals surface area contributed by atoms with Gasteiger partial charge in [0, 0.05) is 51.9 Å². The quantitative estimate of drug-likeness (QED) is 0.737. The second kappa shape index (κ2) is 9.29. The molecule has 0 atom stereocenters. The minimum Gasteiger partial charge on any atom is -0.340 e. The van der Waals surface area contributed by atoms with Gasteiger partial charge in [-0.3, -0.25) is 14.5 Å². The zero-order valence-electron chi connectivity index (χ0n) is 16.1. The van der Waals surface area contributed by atoms with Gasteiger partial charge in [-0.15, -0.1) is 0 Å². The molecule has 0 aromatic heterocycles. The molecule has 0 spiro atoms. The lowest BCUT2D eigenvalue weighted by Crippen LogP contribution is -2.49. The van der Waals surface area contributed by atoms with Crippen LogP contribution in [0.5, 0.6) is 0 Å². The SMILES string of the molecule is CCN(CC)S(=O)(=O)c1ccc(NC(=O)CN2CCN(C(C)=O)CC2)cc1. The Bertz CT molecular complexity index is 752. The lowest BCUT2D eigenvalue weighted by atomic mass is 10.3. The van der Waals surface area contributed by atoms with Crippen molar-refractivity contribution in [2.45, 2.75) is 25.7 Å². The van der Waals surface area contributed by atoms with E-state index in [9.17, 15) is 18.0 Å². The molecule has 0 saturated carbocycles. The molecule has 2 amide bonds. The maximum Gasteiger partial charge on any atom is 0.243 e. The van der Waals surface area contributed by atoms with Crippen LogP contribution in [0.4, 0.5) is 5.69 Å². The standard InChI is InChI=1S/C18H28N4O4S/c1-4-22(5-2)27(25,26)17-8-6-16(7-9-17)19-18(24)14-20-10-12-21(13-11-20)15(3)23/h6-9H,4-5,10-14H2,1-3H3,(H,19,24). The van der Waals surface area contributed by atoms with Crippen LogP contribution in [0.25, 0.3) is 0 Å². The minimum atomic E-state index is -3.50. The van der Waals surface area contributed by atoms with E-state index in [2.05, 4.69) is 5.32 Å². The third kappa shape index (κ3) is 5.50. The zero-order valence-corrected chi connectivity index (χ0v) is 17.0. The van der Waals surface area contributed by atoms with Gasteiger partial charge in [0.1, 0.15) is 0 Å². The molecular formula is C18H28N4O4S. The predicted octanol–water partition coefficient (Wildman–Crippen LogP) is 0.820. The first kappa shape index (κ1) is 21.3. The summed E-state index contributed by atoms with van der Waals surface area (Å²) in [6.45, 7) is 8.78. The Morgan fingerprint density at radius 3 is 2.07 bits per heavy atom. The van der Waals surface area contributed by atoms with Gasteiger partial charge in [0.15, 0.2) is 0 Å². The topological polar surface area (TPSA) is 90.0 Å². The van der Waals surface area contributed by atoms with Gasteiger partial charge in [-0.2, -0.15) is 4.31 Å². The van der Waals surface area contributed by atoms with E-state index in [1.54, 1.807) is 37.8 Å². The summed E-state index contributed by atoms with van der Waals surface area (Å²) < 4.78 is 26.3. The van der Waals surface area contributed by atoms with Gasteiger partial charge in [0.2, 0.25) is 21.8 Å². The summed E-state index contributed by atoms with van der Waals surface area (Å²) in [5.74, 6) is -0.107. The fraction of sp³-hybridized carbons (Fsp3) is 0.556. The second-order valence-corrected chi connectivity index (χ2v) is 8.38. The molecule has 1 aromatic carbocycles. The van der Waals surface area contributed by atoms with Gasteiger partial charge in [-0.05, 0) is 24.3 Å². The molecule has 0 aliphatic carbocycles. The molecule has 2 rings (SSSR count). The Morgan fingerprint density at radius 2 is 1.59 bits per heavy atom. The van der Waals surface area contributed by atoms with Gasteiger partial charge in [-0.1, -0.05) is 13.8 Å². The maximum absolute atomic E-state index is 12.5. The third-order valence-corrected chi connectivity index (χ3v) is 6.73. The van der Waals surface area contributed by atoms with E-state index in [0.717, 1.165) is 0 Å². The number of nitrogens with one attached hydrogen (secondary N) is 1. The van der Waals surface area contributed by atoms with E-state index in [4.69, 9.17) is 0 Å². The van der Waals surface area contributed by atoms with Crippen LogP contribution in [0.1, 0.15) is 20.8 Å². The van der Waals surface area contributed by atoms with Gasteiger partial charge >= 0.3 is 0 Å². The molecule has 0 unspecified atom stereocenters. The van der Waals surface area contributed by atoms with Gasteiger partial charge in [-0.25, -0.2) is 8.42 Å². The largest absolute Gasteiger partial charge is 0.340 e. The third-order valence-electron chi connectivity index (χ3n) is 4.67. The predicted molar refractivity (Wildman–Crippen MR) is 104 cm³/mol. The summed E-state index contributed by atoms with van der Waals surface area (Å²) in [6.07, 6.45) is 0. The van der Waals surface area contributed by atoms with E-state index in [-0.39, 0.29) is 23.3 Å². The number of anilines is 1. The number of hydrogen-bond donors (Lipinski definition) is 1. The summed E-state index contributed by atoms with van der Waals surface area (Å²) in [5, 5.41) is 2.79. The number of sulfonamides is 1. The summed E-state index contributed by atoms with van der Waals surface area (Å²) in [6, 6.07) is 6.22. The fourth-order valence-corrected chi connectivity index (χ4v) is 4.51. The lowest BCUT2D eigenvalue weighted by Gasteiger charge is -2.33. The van der Waals surface area contributed by atoms with Crippen molar-refractivity contribution in [2.75, 3.05) is 51.1 Å². The number of piperazine rings is 1. The molecule has 1 aliphatic heterocycles. The van der Waals surface area contributed by atoms with E-state index < -0.39 is 10.0 Å².